The number of hydrogen-bond acceptors (Lipinski definition) is 4. The molecule has 0 saturated carbocycles. The molecule has 0 radical (unpaired) electrons. The second kappa shape index (κ2) is 9.00. The first-order valence-electron chi connectivity index (χ1n) is 8.45. The molecule has 0 fully saturated rings. The van der Waals surface area contributed by atoms with Crippen LogP contribution in [0.1, 0.15) is 42.8 Å². The molecule has 3 aromatic rings. The largest absolute Gasteiger partial charge is 0.291 e. The standard InChI is InChI=1S/C17H14Cl2F4N6O/c1-8(29-13(15(22)23)5-12(26-29)14(20)21)16(30)25-17-24-7-28(27-17)6-9-2-3-10(18)11(19)4-9/h2-5,7-8,14-15H,6H2,1H3,(H,25,27,30). The number of nitrogens with zero attached hydrogens (tertiary/aromatic N) is 5. The highest BCUT2D eigenvalue weighted by molar-refractivity contribution is 6.42. The van der Waals surface area contributed by atoms with Crippen molar-refractivity contribution in [3.63, 3.8) is 0 Å². The molecule has 0 spiro atoms. The van der Waals surface area contributed by atoms with Gasteiger partial charge in [-0.25, -0.2) is 27.2 Å². The van der Waals surface area contributed by atoms with Gasteiger partial charge in [-0.2, -0.15) is 5.10 Å². The van der Waals surface area contributed by atoms with Crippen LogP contribution < -0.4 is 5.32 Å². The molecule has 2 aromatic heterocycles. The van der Waals surface area contributed by atoms with Crippen molar-refractivity contribution in [3.8, 4) is 0 Å². The van der Waals surface area contributed by atoms with Gasteiger partial charge in [-0.05, 0) is 30.7 Å². The smallest absolute Gasteiger partial charge is 0.282 e. The zero-order valence-electron chi connectivity index (χ0n) is 15.2. The van der Waals surface area contributed by atoms with Crippen molar-refractivity contribution in [2.75, 3.05) is 5.32 Å². The van der Waals surface area contributed by atoms with Crippen LogP contribution in [-0.2, 0) is 11.3 Å². The SMILES string of the molecule is CC(C(=O)Nc1ncn(Cc2ccc(Cl)c(Cl)c2)n1)n1nc(C(F)F)cc1C(F)F. The first kappa shape index (κ1) is 22.0. The Hall–Kier alpha value is -2.66. The fourth-order valence-corrected chi connectivity index (χ4v) is 2.91. The number of anilines is 1. The van der Waals surface area contributed by atoms with E-state index in [1.807, 2.05) is 0 Å². The second-order valence-corrected chi connectivity index (χ2v) is 7.03. The van der Waals surface area contributed by atoms with E-state index in [1.165, 1.54) is 17.9 Å². The minimum atomic E-state index is -3.08. The van der Waals surface area contributed by atoms with Crippen LogP contribution >= 0.6 is 23.2 Å². The molecular weight excluding hydrogens is 451 g/mol. The number of carbonyl (C=O) groups is 1. The fourth-order valence-electron chi connectivity index (χ4n) is 2.59. The molecule has 1 aromatic carbocycles. The van der Waals surface area contributed by atoms with Gasteiger partial charge in [0, 0.05) is 0 Å². The Morgan fingerprint density at radius 2 is 1.83 bits per heavy atom. The third-order valence-corrected chi connectivity index (χ3v) is 4.82. The average molecular weight is 465 g/mol. The van der Waals surface area contributed by atoms with E-state index in [0.29, 0.717) is 20.8 Å². The minimum Gasteiger partial charge on any atom is -0.291 e. The summed E-state index contributed by atoms with van der Waals surface area (Å²) in [6.07, 6.45) is -4.78. The van der Waals surface area contributed by atoms with Crippen molar-refractivity contribution in [1.82, 2.24) is 24.5 Å². The molecule has 13 heteroatoms. The highest BCUT2D eigenvalue weighted by Gasteiger charge is 2.27. The number of hydrogen-bond donors (Lipinski definition) is 1. The normalized spacial score (nSPS) is 12.6. The van der Waals surface area contributed by atoms with Crippen LogP contribution in [0.5, 0.6) is 0 Å². The summed E-state index contributed by atoms with van der Waals surface area (Å²) >= 11 is 11.8. The van der Waals surface area contributed by atoms with E-state index in [2.05, 4.69) is 20.5 Å². The van der Waals surface area contributed by atoms with Gasteiger partial charge in [0.1, 0.15) is 23.8 Å². The first-order chi connectivity index (χ1) is 14.2. The van der Waals surface area contributed by atoms with E-state index >= 15 is 0 Å². The maximum atomic E-state index is 13.1. The van der Waals surface area contributed by atoms with Gasteiger partial charge in [0.15, 0.2) is 0 Å². The summed E-state index contributed by atoms with van der Waals surface area (Å²) in [4.78, 5) is 16.3. The molecule has 0 bridgehead atoms. The van der Waals surface area contributed by atoms with Gasteiger partial charge in [0.05, 0.1) is 16.6 Å². The Balaban J connectivity index is 1.71. The first-order valence-corrected chi connectivity index (χ1v) is 9.21. The zero-order valence-corrected chi connectivity index (χ0v) is 16.7. The summed E-state index contributed by atoms with van der Waals surface area (Å²) in [5.74, 6) is -0.889. The Bertz CT molecular complexity index is 1050. The van der Waals surface area contributed by atoms with Crippen molar-refractivity contribution in [2.24, 2.45) is 0 Å². The summed E-state index contributed by atoms with van der Waals surface area (Å²) in [6.45, 7) is 1.53. The summed E-state index contributed by atoms with van der Waals surface area (Å²) in [6, 6.07) is 4.28. The van der Waals surface area contributed by atoms with Gasteiger partial charge >= 0.3 is 0 Å². The monoisotopic (exact) mass is 464 g/mol. The Labute approximate surface area is 177 Å². The van der Waals surface area contributed by atoms with Gasteiger partial charge in [-0.1, -0.05) is 29.3 Å². The summed E-state index contributed by atoms with van der Waals surface area (Å²) in [7, 11) is 0. The molecule has 2 heterocycles. The Morgan fingerprint density at radius 3 is 2.47 bits per heavy atom. The fraction of sp³-hybridized carbons (Fsp3) is 0.294. The molecule has 0 aliphatic rings. The molecule has 1 amide bonds. The van der Waals surface area contributed by atoms with E-state index in [-0.39, 0.29) is 12.5 Å². The van der Waals surface area contributed by atoms with Gasteiger partial charge in [0.25, 0.3) is 18.8 Å². The summed E-state index contributed by atoms with van der Waals surface area (Å²) < 4.78 is 53.9. The van der Waals surface area contributed by atoms with Crippen molar-refractivity contribution >= 4 is 35.1 Å². The van der Waals surface area contributed by atoms with Crippen molar-refractivity contribution in [2.45, 2.75) is 32.4 Å². The van der Waals surface area contributed by atoms with Crippen LogP contribution in [-0.4, -0.2) is 30.5 Å². The van der Waals surface area contributed by atoms with Crippen molar-refractivity contribution < 1.29 is 22.4 Å². The number of rotatable bonds is 7. The highest BCUT2D eigenvalue weighted by Crippen LogP contribution is 2.27. The number of aromatic nitrogens is 5. The Kier molecular flexibility index (Phi) is 6.61. The van der Waals surface area contributed by atoms with Crippen LogP contribution in [0.3, 0.4) is 0 Å². The molecule has 0 aliphatic carbocycles. The van der Waals surface area contributed by atoms with Crippen LogP contribution in [0.25, 0.3) is 0 Å². The predicted octanol–water partition coefficient (Wildman–Crippen LogP) is 4.90. The van der Waals surface area contributed by atoms with Crippen LogP contribution in [0.2, 0.25) is 10.0 Å². The van der Waals surface area contributed by atoms with Gasteiger partial charge in [-0.15, -0.1) is 5.10 Å². The molecule has 7 nitrogen and oxygen atoms in total. The van der Waals surface area contributed by atoms with Crippen LogP contribution in [0, 0.1) is 0 Å². The van der Waals surface area contributed by atoms with E-state index in [4.69, 9.17) is 23.2 Å². The van der Waals surface area contributed by atoms with Gasteiger partial charge < -0.3 is 0 Å². The summed E-state index contributed by atoms with van der Waals surface area (Å²) in [5, 5.41) is 10.6. The number of carbonyl (C=O) groups excluding carboxylic acids is 1. The molecule has 160 valence electrons. The number of benzene rings is 1. The number of halogens is 6. The lowest BCUT2D eigenvalue weighted by Crippen LogP contribution is -2.26. The zero-order chi connectivity index (χ0) is 22.0. The molecule has 3 rings (SSSR count). The molecular formula is C17H14Cl2F4N6O. The van der Waals surface area contributed by atoms with Gasteiger partial charge in [0.2, 0.25) is 5.95 Å². The lowest BCUT2D eigenvalue weighted by Gasteiger charge is -2.14. The molecule has 1 N–H and O–H groups in total. The number of alkyl halides is 4. The van der Waals surface area contributed by atoms with E-state index in [1.54, 1.807) is 18.2 Å². The highest BCUT2D eigenvalue weighted by atomic mass is 35.5. The van der Waals surface area contributed by atoms with E-state index < -0.39 is 36.2 Å². The summed E-state index contributed by atoms with van der Waals surface area (Å²) in [5.41, 5.74) is -0.849. The average Bonchev–Trinajstić information content (AvgIpc) is 3.31. The topological polar surface area (TPSA) is 77.6 Å². The lowest BCUT2D eigenvalue weighted by atomic mass is 10.2. The number of nitrogens with one attached hydrogen (secondary N) is 1. The lowest BCUT2D eigenvalue weighted by molar-refractivity contribution is -0.119. The minimum absolute atomic E-state index is 0.0910. The predicted molar refractivity (Wildman–Crippen MR) is 101 cm³/mol. The molecule has 30 heavy (non-hydrogen) atoms. The molecule has 0 saturated heterocycles. The maximum absolute atomic E-state index is 13.1. The molecule has 0 aliphatic heterocycles. The Morgan fingerprint density at radius 1 is 1.10 bits per heavy atom. The van der Waals surface area contributed by atoms with Crippen molar-refractivity contribution in [3.05, 3.63) is 57.6 Å². The van der Waals surface area contributed by atoms with E-state index in [0.717, 1.165) is 5.56 Å². The maximum Gasteiger partial charge on any atom is 0.282 e. The molecule has 1 unspecified atom stereocenters. The number of amides is 1. The second-order valence-electron chi connectivity index (χ2n) is 6.22. The van der Waals surface area contributed by atoms with E-state index in [9.17, 15) is 22.4 Å². The van der Waals surface area contributed by atoms with Crippen LogP contribution in [0.4, 0.5) is 23.5 Å². The molecule has 1 atom stereocenters. The van der Waals surface area contributed by atoms with Crippen LogP contribution in [0.15, 0.2) is 30.6 Å². The quantitative estimate of drug-likeness (QED) is 0.504. The van der Waals surface area contributed by atoms with Gasteiger partial charge in [-0.3, -0.25) is 14.8 Å². The third-order valence-electron chi connectivity index (χ3n) is 4.08. The van der Waals surface area contributed by atoms with Crippen molar-refractivity contribution in [1.29, 1.82) is 0 Å². The third kappa shape index (κ3) is 4.90.